The van der Waals surface area contributed by atoms with Gasteiger partial charge in [-0.15, -0.1) is 0 Å². The second kappa shape index (κ2) is 5.54. The summed E-state index contributed by atoms with van der Waals surface area (Å²) in [6.07, 6.45) is -5.65. The van der Waals surface area contributed by atoms with E-state index in [9.17, 15) is 22.8 Å². The number of nitrogens with zero attached hydrogens (tertiary/aromatic N) is 1. The smallest absolute Gasteiger partial charge is 0.390 e. The Morgan fingerprint density at radius 1 is 1.07 bits per heavy atom. The number of hydrogen-bond acceptors (Lipinski definition) is 3. The molecule has 0 aromatic heterocycles. The van der Waals surface area contributed by atoms with E-state index in [0.717, 1.165) is 0 Å². The summed E-state index contributed by atoms with van der Waals surface area (Å²) in [5.41, 5.74) is 0. The highest BCUT2D eigenvalue weighted by Gasteiger charge is 2.28. The van der Waals surface area contributed by atoms with Crippen LogP contribution in [0.3, 0.4) is 0 Å². The number of carboxylic acids is 2. The van der Waals surface area contributed by atoms with E-state index in [0.29, 0.717) is 4.90 Å². The monoisotopic (exact) mass is 229 g/mol. The molecular formula is C7H10F3NO4. The molecule has 0 bridgehead atoms. The Morgan fingerprint density at radius 3 is 1.73 bits per heavy atom. The number of carbonyl (C=O) groups is 2. The third kappa shape index (κ3) is 9.01. The number of aliphatic carboxylic acids is 2. The lowest BCUT2D eigenvalue weighted by Gasteiger charge is -2.18. The topological polar surface area (TPSA) is 77.8 Å². The van der Waals surface area contributed by atoms with Crippen LogP contribution in [-0.2, 0) is 9.59 Å². The van der Waals surface area contributed by atoms with Gasteiger partial charge in [-0.1, -0.05) is 0 Å². The van der Waals surface area contributed by atoms with Gasteiger partial charge in [0.25, 0.3) is 0 Å². The van der Waals surface area contributed by atoms with Crippen LogP contribution in [0.5, 0.6) is 0 Å². The van der Waals surface area contributed by atoms with Crippen molar-refractivity contribution in [3.8, 4) is 0 Å². The Bertz CT molecular complexity index is 225. The summed E-state index contributed by atoms with van der Waals surface area (Å²) < 4.78 is 35.3. The van der Waals surface area contributed by atoms with Crippen molar-refractivity contribution in [2.45, 2.75) is 12.6 Å². The van der Waals surface area contributed by atoms with Crippen molar-refractivity contribution in [1.29, 1.82) is 0 Å². The molecule has 2 N–H and O–H groups in total. The fraction of sp³-hybridized carbons (Fsp3) is 0.714. The van der Waals surface area contributed by atoms with Crippen molar-refractivity contribution in [2.24, 2.45) is 0 Å². The fourth-order valence-corrected chi connectivity index (χ4v) is 0.881. The first-order valence-corrected chi connectivity index (χ1v) is 3.93. The van der Waals surface area contributed by atoms with E-state index in [1.54, 1.807) is 0 Å². The van der Waals surface area contributed by atoms with Gasteiger partial charge < -0.3 is 10.2 Å². The normalized spacial score (nSPS) is 11.7. The second-order valence-electron chi connectivity index (χ2n) is 2.86. The molecular weight excluding hydrogens is 219 g/mol. The molecule has 15 heavy (non-hydrogen) atoms. The molecule has 0 spiro atoms. The van der Waals surface area contributed by atoms with Gasteiger partial charge in [0.2, 0.25) is 0 Å². The predicted octanol–water partition coefficient (Wildman–Crippen LogP) is 0.410. The molecule has 88 valence electrons. The molecule has 5 nitrogen and oxygen atoms in total. The van der Waals surface area contributed by atoms with Gasteiger partial charge >= 0.3 is 18.1 Å². The van der Waals surface area contributed by atoms with Crippen LogP contribution in [-0.4, -0.2) is 52.9 Å². The van der Waals surface area contributed by atoms with Gasteiger partial charge in [-0.05, 0) is 0 Å². The van der Waals surface area contributed by atoms with Crippen LogP contribution in [0.1, 0.15) is 6.42 Å². The largest absolute Gasteiger partial charge is 0.480 e. The number of rotatable bonds is 6. The molecule has 0 rings (SSSR count). The second-order valence-corrected chi connectivity index (χ2v) is 2.86. The zero-order chi connectivity index (χ0) is 12.1. The number of carboxylic acid groups (broad SMARTS) is 2. The number of alkyl halides is 3. The first-order chi connectivity index (χ1) is 6.70. The minimum atomic E-state index is -4.42. The zero-order valence-corrected chi connectivity index (χ0v) is 7.62. The fourth-order valence-electron chi connectivity index (χ4n) is 0.881. The van der Waals surface area contributed by atoms with E-state index in [1.165, 1.54) is 0 Å². The van der Waals surface area contributed by atoms with Gasteiger partial charge in [-0.2, -0.15) is 13.2 Å². The summed E-state index contributed by atoms with van der Waals surface area (Å²) in [4.78, 5) is 21.1. The lowest BCUT2D eigenvalue weighted by Crippen LogP contribution is -2.36. The van der Waals surface area contributed by atoms with Crippen LogP contribution in [0, 0.1) is 0 Å². The Balaban J connectivity index is 4.12. The molecule has 0 fully saturated rings. The minimum absolute atomic E-state index is 0.637. The summed E-state index contributed by atoms with van der Waals surface area (Å²) in [5, 5.41) is 16.6. The first-order valence-electron chi connectivity index (χ1n) is 3.93. The van der Waals surface area contributed by atoms with E-state index in [-0.39, 0.29) is 0 Å². The van der Waals surface area contributed by atoms with Crippen LogP contribution in [0.25, 0.3) is 0 Å². The Morgan fingerprint density at radius 2 is 1.47 bits per heavy atom. The highest BCUT2D eigenvalue weighted by atomic mass is 19.4. The van der Waals surface area contributed by atoms with Crippen LogP contribution in [0.4, 0.5) is 13.2 Å². The van der Waals surface area contributed by atoms with E-state index < -0.39 is 44.2 Å². The van der Waals surface area contributed by atoms with Crippen LogP contribution in [0.15, 0.2) is 0 Å². The number of halogens is 3. The summed E-state index contributed by atoms with van der Waals surface area (Å²) in [6, 6.07) is 0. The van der Waals surface area contributed by atoms with E-state index in [2.05, 4.69) is 0 Å². The molecule has 0 aromatic carbocycles. The molecule has 0 aromatic rings. The van der Waals surface area contributed by atoms with E-state index >= 15 is 0 Å². The van der Waals surface area contributed by atoms with Gasteiger partial charge in [-0.25, -0.2) is 0 Å². The molecule has 0 aliphatic heterocycles. The molecule has 8 heteroatoms. The summed E-state index contributed by atoms with van der Waals surface area (Å²) >= 11 is 0. The van der Waals surface area contributed by atoms with Gasteiger partial charge in [0, 0.05) is 6.54 Å². The van der Waals surface area contributed by atoms with Gasteiger partial charge in [-0.3, -0.25) is 14.5 Å². The summed E-state index contributed by atoms with van der Waals surface area (Å²) in [7, 11) is 0. The molecule has 0 amide bonds. The summed E-state index contributed by atoms with van der Waals surface area (Å²) in [5.74, 6) is -2.73. The van der Waals surface area contributed by atoms with Gasteiger partial charge in [0.15, 0.2) is 0 Å². The molecule has 0 unspecified atom stereocenters. The van der Waals surface area contributed by atoms with Gasteiger partial charge in [0.1, 0.15) is 0 Å². The van der Waals surface area contributed by atoms with Gasteiger partial charge in [0.05, 0.1) is 19.5 Å². The van der Waals surface area contributed by atoms with Crippen LogP contribution < -0.4 is 0 Å². The lowest BCUT2D eigenvalue weighted by molar-refractivity contribution is -0.149. The van der Waals surface area contributed by atoms with Crippen LogP contribution in [0.2, 0.25) is 0 Å². The highest BCUT2D eigenvalue weighted by Crippen LogP contribution is 2.19. The summed E-state index contributed by atoms with van der Waals surface area (Å²) in [6.45, 7) is -2.08. The van der Waals surface area contributed by atoms with E-state index in [1.807, 2.05) is 0 Å². The maximum Gasteiger partial charge on any atom is 0.390 e. The molecule has 0 saturated carbocycles. The molecule has 0 atom stereocenters. The third-order valence-electron chi connectivity index (χ3n) is 1.43. The maximum atomic E-state index is 11.8. The van der Waals surface area contributed by atoms with E-state index in [4.69, 9.17) is 10.2 Å². The highest BCUT2D eigenvalue weighted by molar-refractivity contribution is 5.72. The van der Waals surface area contributed by atoms with Crippen molar-refractivity contribution in [2.75, 3.05) is 19.6 Å². The lowest BCUT2D eigenvalue weighted by atomic mass is 10.3. The molecule has 0 saturated heterocycles. The Labute approximate surface area is 83.1 Å². The predicted molar refractivity (Wildman–Crippen MR) is 42.4 cm³/mol. The third-order valence-corrected chi connectivity index (χ3v) is 1.43. The Hall–Kier alpha value is -1.31. The first kappa shape index (κ1) is 13.7. The zero-order valence-electron chi connectivity index (χ0n) is 7.62. The standard InChI is InChI=1S/C7H10F3NO4/c8-7(9,10)1-2-11(3-5(12)13)4-6(14)15/h1-4H2,(H,12,13)(H,14,15). The average molecular weight is 229 g/mol. The van der Waals surface area contributed by atoms with Crippen molar-refractivity contribution >= 4 is 11.9 Å². The SMILES string of the molecule is O=C(O)CN(CCC(F)(F)F)CC(=O)O. The number of hydrogen-bond donors (Lipinski definition) is 2. The Kier molecular flexibility index (Phi) is 5.06. The molecule has 0 aliphatic rings. The minimum Gasteiger partial charge on any atom is -0.480 e. The molecule has 0 heterocycles. The maximum absolute atomic E-state index is 11.8. The van der Waals surface area contributed by atoms with Crippen molar-refractivity contribution in [3.05, 3.63) is 0 Å². The molecule has 0 radical (unpaired) electrons. The quantitative estimate of drug-likeness (QED) is 0.689. The van der Waals surface area contributed by atoms with Crippen molar-refractivity contribution < 1.29 is 33.0 Å². The molecule has 0 aliphatic carbocycles. The van der Waals surface area contributed by atoms with Crippen LogP contribution >= 0.6 is 0 Å². The van der Waals surface area contributed by atoms with Crippen molar-refractivity contribution in [1.82, 2.24) is 4.90 Å². The van der Waals surface area contributed by atoms with Crippen molar-refractivity contribution in [3.63, 3.8) is 0 Å². The average Bonchev–Trinajstić information content (AvgIpc) is 1.96.